The number of hydrogen-bond acceptors (Lipinski definition) is 3. The second-order valence-corrected chi connectivity index (χ2v) is 5.72. The summed E-state index contributed by atoms with van der Waals surface area (Å²) in [6.07, 6.45) is 1.56. The number of nitrogens with zero attached hydrogens (tertiary/aromatic N) is 2. The molecule has 5 rings (SSSR count). The Balaban J connectivity index is 1.79. The fourth-order valence-corrected chi connectivity index (χ4v) is 3.12. The molecule has 0 saturated heterocycles. The van der Waals surface area contributed by atoms with Crippen LogP contribution in [0.5, 0.6) is 0 Å². The Kier molecular flexibility index (Phi) is 2.61. The molecule has 0 aliphatic rings. The predicted octanol–water partition coefficient (Wildman–Crippen LogP) is 4.29. The van der Waals surface area contributed by atoms with Crippen LogP contribution in [0.1, 0.15) is 0 Å². The third-order valence-electron chi connectivity index (χ3n) is 4.31. The highest BCUT2D eigenvalue weighted by Crippen LogP contribution is 2.29. The molecule has 114 valence electrons. The van der Waals surface area contributed by atoms with Gasteiger partial charge in [0.25, 0.3) is 5.56 Å². The number of benzene rings is 3. The lowest BCUT2D eigenvalue weighted by Crippen LogP contribution is -2.18. The van der Waals surface area contributed by atoms with Gasteiger partial charge in [0, 0.05) is 16.8 Å². The summed E-state index contributed by atoms with van der Waals surface area (Å²) in [7, 11) is 0. The molecule has 0 aliphatic heterocycles. The van der Waals surface area contributed by atoms with Gasteiger partial charge >= 0.3 is 0 Å². The minimum absolute atomic E-state index is 0.0870. The van der Waals surface area contributed by atoms with Gasteiger partial charge in [-0.2, -0.15) is 0 Å². The zero-order chi connectivity index (χ0) is 16.1. The van der Waals surface area contributed by atoms with E-state index in [0.717, 1.165) is 27.6 Å². The molecule has 0 aliphatic carbocycles. The minimum Gasteiger partial charge on any atom is -0.456 e. The zero-order valence-electron chi connectivity index (χ0n) is 12.6. The third kappa shape index (κ3) is 1.80. The molecule has 0 bridgehead atoms. The van der Waals surface area contributed by atoms with E-state index in [0.29, 0.717) is 10.9 Å². The van der Waals surface area contributed by atoms with E-state index in [2.05, 4.69) is 4.98 Å². The highest BCUT2D eigenvalue weighted by molar-refractivity contribution is 6.05. The third-order valence-corrected chi connectivity index (χ3v) is 4.31. The first-order chi connectivity index (χ1) is 11.8. The Bertz CT molecular complexity index is 1280. The van der Waals surface area contributed by atoms with Gasteiger partial charge in [-0.15, -0.1) is 0 Å². The number of rotatable bonds is 1. The number of hydrogen-bond donors (Lipinski definition) is 0. The molecule has 0 atom stereocenters. The Morgan fingerprint density at radius 2 is 1.54 bits per heavy atom. The van der Waals surface area contributed by atoms with Gasteiger partial charge in [-0.25, -0.2) is 4.98 Å². The lowest BCUT2D eigenvalue weighted by Gasteiger charge is -2.06. The van der Waals surface area contributed by atoms with Crippen LogP contribution in [-0.4, -0.2) is 9.55 Å². The maximum absolute atomic E-state index is 12.7. The molecular formula is C20H12N2O2. The second kappa shape index (κ2) is 4.80. The summed E-state index contributed by atoms with van der Waals surface area (Å²) in [6, 6.07) is 21.0. The van der Waals surface area contributed by atoms with E-state index >= 15 is 0 Å². The van der Waals surface area contributed by atoms with Crippen LogP contribution in [0.2, 0.25) is 0 Å². The van der Waals surface area contributed by atoms with E-state index in [9.17, 15) is 4.79 Å². The van der Waals surface area contributed by atoms with E-state index in [1.165, 1.54) is 0 Å². The topological polar surface area (TPSA) is 48.0 Å². The largest absolute Gasteiger partial charge is 0.456 e. The number of para-hydroxylation sites is 2. The summed E-state index contributed by atoms with van der Waals surface area (Å²) < 4.78 is 7.46. The second-order valence-electron chi connectivity index (χ2n) is 5.72. The smallest absolute Gasteiger partial charge is 0.265 e. The maximum atomic E-state index is 12.7. The summed E-state index contributed by atoms with van der Waals surface area (Å²) in [6.45, 7) is 0. The molecule has 0 N–H and O–H groups in total. The number of furan rings is 1. The average molecular weight is 312 g/mol. The normalized spacial score (nSPS) is 11.5. The summed E-state index contributed by atoms with van der Waals surface area (Å²) in [4.78, 5) is 17.1. The van der Waals surface area contributed by atoms with E-state index in [4.69, 9.17) is 4.42 Å². The maximum Gasteiger partial charge on any atom is 0.265 e. The summed E-state index contributed by atoms with van der Waals surface area (Å²) in [5.41, 5.74) is 2.95. The first-order valence-corrected chi connectivity index (χ1v) is 7.69. The lowest BCUT2D eigenvalue weighted by molar-refractivity contribution is 0.668. The van der Waals surface area contributed by atoms with Crippen molar-refractivity contribution < 1.29 is 4.42 Å². The van der Waals surface area contributed by atoms with Crippen molar-refractivity contribution in [1.82, 2.24) is 9.55 Å². The molecule has 5 aromatic rings. The fourth-order valence-electron chi connectivity index (χ4n) is 3.12. The van der Waals surface area contributed by atoms with Gasteiger partial charge in [-0.05, 0) is 30.3 Å². The van der Waals surface area contributed by atoms with Gasteiger partial charge in [0.15, 0.2) is 0 Å². The van der Waals surface area contributed by atoms with Crippen LogP contribution in [0.3, 0.4) is 0 Å². The molecule has 0 amide bonds. The van der Waals surface area contributed by atoms with Gasteiger partial charge in [0.2, 0.25) is 0 Å². The van der Waals surface area contributed by atoms with Crippen LogP contribution < -0.4 is 5.56 Å². The highest BCUT2D eigenvalue weighted by atomic mass is 16.3. The molecular weight excluding hydrogens is 300 g/mol. The van der Waals surface area contributed by atoms with Gasteiger partial charge in [0.05, 0.1) is 16.6 Å². The van der Waals surface area contributed by atoms with Crippen molar-refractivity contribution in [3.63, 3.8) is 0 Å². The highest BCUT2D eigenvalue weighted by Gasteiger charge is 2.10. The number of fused-ring (bicyclic) bond motifs is 4. The molecule has 3 aromatic carbocycles. The predicted molar refractivity (Wildman–Crippen MR) is 94.6 cm³/mol. The van der Waals surface area contributed by atoms with Crippen LogP contribution in [0.15, 0.2) is 82.3 Å². The fraction of sp³-hybridized carbons (Fsp3) is 0. The standard InChI is InChI=1S/C20H12N2O2/c23-20-16-6-1-3-7-17(16)21-12-22(20)13-9-10-15-14-5-2-4-8-18(14)24-19(15)11-13/h1-12H. The Morgan fingerprint density at radius 3 is 2.46 bits per heavy atom. The van der Waals surface area contributed by atoms with Crippen LogP contribution in [0, 0.1) is 0 Å². The van der Waals surface area contributed by atoms with E-state index in [1.807, 2.05) is 60.7 Å². The molecule has 0 fully saturated rings. The molecule has 0 unspecified atom stereocenters. The van der Waals surface area contributed by atoms with E-state index < -0.39 is 0 Å². The van der Waals surface area contributed by atoms with Gasteiger partial charge in [-0.1, -0.05) is 30.3 Å². The molecule has 2 aromatic heterocycles. The van der Waals surface area contributed by atoms with Gasteiger partial charge in [0.1, 0.15) is 17.5 Å². The van der Waals surface area contributed by atoms with Crippen molar-refractivity contribution >= 4 is 32.8 Å². The van der Waals surface area contributed by atoms with Crippen molar-refractivity contribution in [2.75, 3.05) is 0 Å². The Morgan fingerprint density at radius 1 is 0.792 bits per heavy atom. The quantitative estimate of drug-likeness (QED) is 0.464. The van der Waals surface area contributed by atoms with Crippen LogP contribution in [-0.2, 0) is 0 Å². The molecule has 2 heterocycles. The number of aromatic nitrogens is 2. The van der Waals surface area contributed by atoms with Gasteiger partial charge in [-0.3, -0.25) is 9.36 Å². The van der Waals surface area contributed by atoms with Crippen molar-refractivity contribution in [3.8, 4) is 5.69 Å². The molecule has 0 spiro atoms. The molecule has 0 saturated carbocycles. The van der Waals surface area contributed by atoms with Crippen molar-refractivity contribution in [3.05, 3.63) is 83.4 Å². The summed E-state index contributed by atoms with van der Waals surface area (Å²) in [5.74, 6) is 0. The van der Waals surface area contributed by atoms with Crippen molar-refractivity contribution in [1.29, 1.82) is 0 Å². The lowest BCUT2D eigenvalue weighted by atomic mass is 10.1. The molecule has 24 heavy (non-hydrogen) atoms. The SMILES string of the molecule is O=c1c2ccccc2ncn1-c1ccc2c(c1)oc1ccccc12. The monoisotopic (exact) mass is 312 g/mol. The molecule has 0 radical (unpaired) electrons. The first-order valence-electron chi connectivity index (χ1n) is 7.69. The Labute approximate surface area is 136 Å². The van der Waals surface area contributed by atoms with Crippen molar-refractivity contribution in [2.45, 2.75) is 0 Å². The zero-order valence-corrected chi connectivity index (χ0v) is 12.6. The van der Waals surface area contributed by atoms with E-state index in [1.54, 1.807) is 17.0 Å². The molecule has 4 nitrogen and oxygen atoms in total. The van der Waals surface area contributed by atoms with Gasteiger partial charge < -0.3 is 4.42 Å². The Hall–Kier alpha value is -3.40. The summed E-state index contributed by atoms with van der Waals surface area (Å²) >= 11 is 0. The first kappa shape index (κ1) is 13.1. The average Bonchev–Trinajstić information content (AvgIpc) is 3.00. The van der Waals surface area contributed by atoms with Crippen LogP contribution in [0.4, 0.5) is 0 Å². The molecule has 4 heteroatoms. The summed E-state index contributed by atoms with van der Waals surface area (Å²) in [5, 5.41) is 2.71. The van der Waals surface area contributed by atoms with Crippen molar-refractivity contribution in [2.24, 2.45) is 0 Å². The minimum atomic E-state index is -0.0870. The van der Waals surface area contributed by atoms with E-state index in [-0.39, 0.29) is 5.56 Å². The van der Waals surface area contributed by atoms with Crippen LogP contribution >= 0.6 is 0 Å². The van der Waals surface area contributed by atoms with Crippen LogP contribution in [0.25, 0.3) is 38.5 Å².